The van der Waals surface area contributed by atoms with Gasteiger partial charge in [-0.15, -0.1) is 0 Å². The summed E-state index contributed by atoms with van der Waals surface area (Å²) in [7, 11) is 0. The maximum Gasteiger partial charge on any atom is 0.190 e. The molecule has 0 atom stereocenters. The maximum atomic E-state index is 5.45. The summed E-state index contributed by atoms with van der Waals surface area (Å²) >= 11 is 7.01. The molecule has 2 N–H and O–H groups in total. The van der Waals surface area contributed by atoms with Crippen LogP contribution in [0.4, 0.5) is 10.8 Å². The van der Waals surface area contributed by atoms with Crippen molar-refractivity contribution >= 4 is 61.6 Å². The predicted octanol–water partition coefficient (Wildman–Crippen LogP) is 5.78. The van der Waals surface area contributed by atoms with E-state index in [2.05, 4.69) is 59.2 Å². The standard InChI is InChI=1S/C20H20N4S2/c1-5-21-14(4)15-9-10-16-17(11-15)26-20(22-16)24-19(25)23-18-12(2)7-6-8-13(18)3/h5-11H,4H2,1-3H3,(H2,22,23,24,25). The molecule has 3 rings (SSSR count). The molecular weight excluding hydrogens is 360 g/mol. The largest absolute Gasteiger partial charge is 0.332 e. The van der Waals surface area contributed by atoms with Crippen LogP contribution in [0.5, 0.6) is 0 Å². The number of thiazole rings is 1. The van der Waals surface area contributed by atoms with Crippen molar-refractivity contribution in [2.24, 2.45) is 4.99 Å². The fraction of sp³-hybridized carbons (Fsp3) is 0.150. The molecule has 0 unspecified atom stereocenters. The molecule has 0 radical (unpaired) electrons. The number of para-hydroxylation sites is 1. The van der Waals surface area contributed by atoms with Gasteiger partial charge in [-0.25, -0.2) is 4.98 Å². The summed E-state index contributed by atoms with van der Waals surface area (Å²) in [4.78, 5) is 8.84. The predicted molar refractivity (Wildman–Crippen MR) is 119 cm³/mol. The first-order valence-corrected chi connectivity index (χ1v) is 9.43. The number of anilines is 2. The van der Waals surface area contributed by atoms with E-state index < -0.39 is 0 Å². The molecule has 26 heavy (non-hydrogen) atoms. The van der Waals surface area contributed by atoms with E-state index in [0.717, 1.165) is 43.4 Å². The Bertz CT molecular complexity index is 998. The Kier molecular flexibility index (Phi) is 5.44. The van der Waals surface area contributed by atoms with Crippen LogP contribution in [-0.4, -0.2) is 16.3 Å². The lowest BCUT2D eigenvalue weighted by atomic mass is 10.1. The Morgan fingerprint density at radius 2 is 1.92 bits per heavy atom. The van der Waals surface area contributed by atoms with Gasteiger partial charge < -0.3 is 10.6 Å². The zero-order chi connectivity index (χ0) is 18.7. The van der Waals surface area contributed by atoms with Crippen molar-refractivity contribution in [3.63, 3.8) is 0 Å². The van der Waals surface area contributed by atoms with Crippen molar-refractivity contribution in [1.29, 1.82) is 0 Å². The smallest absolute Gasteiger partial charge is 0.190 e. The van der Waals surface area contributed by atoms with Gasteiger partial charge in [-0.2, -0.15) is 0 Å². The van der Waals surface area contributed by atoms with Crippen LogP contribution < -0.4 is 10.6 Å². The number of aromatic nitrogens is 1. The summed E-state index contributed by atoms with van der Waals surface area (Å²) in [6, 6.07) is 12.2. The van der Waals surface area contributed by atoms with Crippen molar-refractivity contribution in [2.45, 2.75) is 20.8 Å². The van der Waals surface area contributed by atoms with E-state index in [-0.39, 0.29) is 0 Å². The minimum absolute atomic E-state index is 0.529. The zero-order valence-corrected chi connectivity index (χ0v) is 16.6. The lowest BCUT2D eigenvalue weighted by molar-refractivity contribution is 1.37. The molecule has 0 saturated carbocycles. The third-order valence-electron chi connectivity index (χ3n) is 3.95. The van der Waals surface area contributed by atoms with E-state index >= 15 is 0 Å². The van der Waals surface area contributed by atoms with Gasteiger partial charge in [0.2, 0.25) is 0 Å². The van der Waals surface area contributed by atoms with Gasteiger partial charge in [0.25, 0.3) is 0 Å². The minimum atomic E-state index is 0.529. The number of nitrogens with one attached hydrogen (secondary N) is 2. The summed E-state index contributed by atoms with van der Waals surface area (Å²) in [5.41, 5.74) is 5.98. The van der Waals surface area contributed by atoms with Gasteiger partial charge in [0.1, 0.15) is 0 Å². The van der Waals surface area contributed by atoms with E-state index in [0.29, 0.717) is 5.11 Å². The topological polar surface area (TPSA) is 49.3 Å². The van der Waals surface area contributed by atoms with Crippen molar-refractivity contribution in [2.75, 3.05) is 10.6 Å². The van der Waals surface area contributed by atoms with Crippen molar-refractivity contribution in [3.8, 4) is 0 Å². The molecule has 2 aromatic carbocycles. The number of thiocarbonyl (C=S) groups is 1. The number of fused-ring (bicyclic) bond motifs is 1. The molecule has 132 valence electrons. The highest BCUT2D eigenvalue weighted by atomic mass is 32.1. The average molecular weight is 381 g/mol. The molecule has 3 aromatic rings. The molecule has 1 heterocycles. The Hall–Kier alpha value is -2.57. The van der Waals surface area contributed by atoms with Gasteiger partial charge in [0, 0.05) is 17.5 Å². The molecule has 0 aliphatic rings. The first-order valence-electron chi connectivity index (χ1n) is 8.20. The number of hydrogen-bond acceptors (Lipinski definition) is 4. The molecule has 0 fully saturated rings. The highest BCUT2D eigenvalue weighted by Gasteiger charge is 2.09. The van der Waals surface area contributed by atoms with Crippen molar-refractivity contribution in [3.05, 3.63) is 59.7 Å². The zero-order valence-electron chi connectivity index (χ0n) is 15.0. The van der Waals surface area contributed by atoms with Gasteiger partial charge in [-0.1, -0.05) is 42.2 Å². The summed E-state index contributed by atoms with van der Waals surface area (Å²) in [5.74, 6) is 0. The Morgan fingerprint density at radius 1 is 1.19 bits per heavy atom. The number of benzene rings is 2. The molecular formula is C20H20N4S2. The Morgan fingerprint density at radius 3 is 2.62 bits per heavy atom. The van der Waals surface area contributed by atoms with Crippen LogP contribution in [-0.2, 0) is 0 Å². The first-order chi connectivity index (χ1) is 12.5. The number of rotatable bonds is 4. The second-order valence-electron chi connectivity index (χ2n) is 5.88. The highest BCUT2D eigenvalue weighted by molar-refractivity contribution is 7.80. The quantitative estimate of drug-likeness (QED) is 0.445. The second kappa shape index (κ2) is 7.76. The molecule has 0 amide bonds. The average Bonchev–Trinajstić information content (AvgIpc) is 2.99. The Labute approximate surface area is 162 Å². The number of aliphatic imine (C=N–C) groups is 1. The van der Waals surface area contributed by atoms with Gasteiger partial charge in [0.15, 0.2) is 10.2 Å². The van der Waals surface area contributed by atoms with E-state index in [1.165, 1.54) is 0 Å². The van der Waals surface area contributed by atoms with Crippen LogP contribution in [0.15, 0.2) is 48.0 Å². The van der Waals surface area contributed by atoms with Gasteiger partial charge in [-0.05, 0) is 56.2 Å². The molecule has 0 bridgehead atoms. The third-order valence-corrected chi connectivity index (χ3v) is 5.08. The lowest BCUT2D eigenvalue weighted by Gasteiger charge is -2.13. The SMILES string of the molecule is C=C(N=CC)c1ccc2nc(NC(=S)Nc3c(C)cccc3C)sc2c1. The number of aryl methyl sites for hydroxylation is 2. The van der Waals surface area contributed by atoms with Gasteiger partial charge in [0.05, 0.1) is 15.9 Å². The lowest BCUT2D eigenvalue weighted by Crippen LogP contribution is -2.20. The summed E-state index contributed by atoms with van der Waals surface area (Å²) in [6.45, 7) is 9.97. The normalized spacial score (nSPS) is 11.0. The van der Waals surface area contributed by atoms with Crippen LogP contribution >= 0.6 is 23.6 Å². The van der Waals surface area contributed by atoms with E-state index in [4.69, 9.17) is 12.2 Å². The number of nitrogens with zero attached hydrogens (tertiary/aromatic N) is 2. The van der Waals surface area contributed by atoms with E-state index in [1.807, 2.05) is 25.1 Å². The third kappa shape index (κ3) is 3.98. The van der Waals surface area contributed by atoms with Gasteiger partial charge in [-0.3, -0.25) is 4.99 Å². The molecule has 0 aliphatic heterocycles. The monoisotopic (exact) mass is 380 g/mol. The van der Waals surface area contributed by atoms with Crippen LogP contribution in [0.3, 0.4) is 0 Å². The van der Waals surface area contributed by atoms with Crippen molar-refractivity contribution < 1.29 is 0 Å². The second-order valence-corrected chi connectivity index (χ2v) is 7.32. The van der Waals surface area contributed by atoms with E-state index in [1.54, 1.807) is 17.6 Å². The number of hydrogen-bond donors (Lipinski definition) is 2. The maximum absolute atomic E-state index is 5.45. The summed E-state index contributed by atoms with van der Waals surface area (Å²) in [5, 5.41) is 7.74. The fourth-order valence-corrected chi connectivity index (χ4v) is 3.81. The fourth-order valence-electron chi connectivity index (χ4n) is 2.64. The molecule has 4 nitrogen and oxygen atoms in total. The van der Waals surface area contributed by atoms with Crippen LogP contribution in [0.2, 0.25) is 0 Å². The van der Waals surface area contributed by atoms with Crippen LogP contribution in [0, 0.1) is 13.8 Å². The van der Waals surface area contributed by atoms with E-state index in [9.17, 15) is 0 Å². The highest BCUT2D eigenvalue weighted by Crippen LogP contribution is 2.29. The van der Waals surface area contributed by atoms with Crippen LogP contribution in [0.1, 0.15) is 23.6 Å². The van der Waals surface area contributed by atoms with Crippen LogP contribution in [0.25, 0.3) is 15.9 Å². The summed E-state index contributed by atoms with van der Waals surface area (Å²) < 4.78 is 1.06. The molecule has 0 aliphatic carbocycles. The minimum Gasteiger partial charge on any atom is -0.332 e. The van der Waals surface area contributed by atoms with Crippen molar-refractivity contribution in [1.82, 2.24) is 4.98 Å². The first kappa shape index (κ1) is 18.2. The molecule has 0 saturated heterocycles. The summed E-state index contributed by atoms with van der Waals surface area (Å²) in [6.07, 6.45) is 1.74. The molecule has 6 heteroatoms. The Balaban J connectivity index is 1.78. The molecule has 0 spiro atoms. The van der Waals surface area contributed by atoms with Gasteiger partial charge >= 0.3 is 0 Å². The molecule has 1 aromatic heterocycles.